The van der Waals surface area contributed by atoms with Crippen LogP contribution in [0.2, 0.25) is 0 Å². The van der Waals surface area contributed by atoms with Gasteiger partial charge in [-0.1, -0.05) is 6.07 Å². The molecule has 1 aromatic carbocycles. The highest BCUT2D eigenvalue weighted by molar-refractivity contribution is 9.10. The quantitative estimate of drug-likeness (QED) is 0.880. The largest absolute Gasteiger partial charge is 0.351 e. The zero-order chi connectivity index (χ0) is 14.7. The standard InChI is InChI=1S/C13H15BrFN3O2/c14-9-4-3-8(6-10(9)15)11-2-1-5-18(11)7-12(19)17-13(16)20/h3-4,6,11H,1-2,5,7H2,(H3,16,17,19,20)/t11-/m1/s1. The molecule has 2 rings (SSSR count). The number of likely N-dealkylation sites (tertiary alicyclic amines) is 1. The van der Waals surface area contributed by atoms with Crippen LogP contribution in [0.25, 0.3) is 0 Å². The fourth-order valence-electron chi connectivity index (χ4n) is 2.47. The summed E-state index contributed by atoms with van der Waals surface area (Å²) in [7, 11) is 0. The molecule has 0 bridgehead atoms. The maximum Gasteiger partial charge on any atom is 0.318 e. The predicted octanol–water partition coefficient (Wildman–Crippen LogP) is 1.92. The average molecular weight is 344 g/mol. The van der Waals surface area contributed by atoms with Crippen molar-refractivity contribution in [1.82, 2.24) is 10.2 Å². The molecule has 0 saturated carbocycles. The summed E-state index contributed by atoms with van der Waals surface area (Å²) >= 11 is 3.12. The average Bonchev–Trinajstić information content (AvgIpc) is 2.79. The third-order valence-corrected chi connectivity index (χ3v) is 3.94. The molecule has 0 spiro atoms. The normalized spacial score (nSPS) is 19.0. The van der Waals surface area contributed by atoms with Crippen molar-refractivity contribution < 1.29 is 14.0 Å². The van der Waals surface area contributed by atoms with Gasteiger partial charge in [0.25, 0.3) is 0 Å². The Bertz CT molecular complexity index is 538. The fourth-order valence-corrected chi connectivity index (χ4v) is 2.72. The van der Waals surface area contributed by atoms with E-state index in [9.17, 15) is 14.0 Å². The highest BCUT2D eigenvalue weighted by Gasteiger charge is 2.28. The number of carbonyl (C=O) groups is 2. The Hall–Kier alpha value is -1.47. The molecule has 1 aliphatic rings. The van der Waals surface area contributed by atoms with E-state index in [2.05, 4.69) is 15.9 Å². The maximum atomic E-state index is 13.6. The lowest BCUT2D eigenvalue weighted by Gasteiger charge is -2.24. The minimum Gasteiger partial charge on any atom is -0.351 e. The Morgan fingerprint density at radius 3 is 2.90 bits per heavy atom. The Labute approximate surface area is 124 Å². The number of nitrogens with two attached hydrogens (primary N) is 1. The third kappa shape index (κ3) is 3.55. The van der Waals surface area contributed by atoms with Gasteiger partial charge in [0.1, 0.15) is 5.82 Å². The molecule has 1 fully saturated rings. The fraction of sp³-hybridized carbons (Fsp3) is 0.385. The van der Waals surface area contributed by atoms with Gasteiger partial charge in [0.2, 0.25) is 5.91 Å². The molecule has 7 heteroatoms. The SMILES string of the molecule is NC(=O)NC(=O)CN1CCC[C@@H]1c1ccc(Br)c(F)c1. The number of nitrogens with one attached hydrogen (secondary N) is 1. The highest BCUT2D eigenvalue weighted by atomic mass is 79.9. The lowest BCUT2D eigenvalue weighted by Crippen LogP contribution is -2.42. The van der Waals surface area contributed by atoms with Crippen LogP contribution in [-0.4, -0.2) is 29.9 Å². The summed E-state index contributed by atoms with van der Waals surface area (Å²) in [5.74, 6) is -0.766. The second-order valence-corrected chi connectivity index (χ2v) is 5.57. The monoisotopic (exact) mass is 343 g/mol. The van der Waals surface area contributed by atoms with Crippen molar-refractivity contribution in [1.29, 1.82) is 0 Å². The summed E-state index contributed by atoms with van der Waals surface area (Å²) in [5.41, 5.74) is 5.73. The molecule has 108 valence electrons. The van der Waals surface area contributed by atoms with Gasteiger partial charge in [0.15, 0.2) is 0 Å². The van der Waals surface area contributed by atoms with Crippen LogP contribution in [-0.2, 0) is 4.79 Å². The Morgan fingerprint density at radius 1 is 1.50 bits per heavy atom. The van der Waals surface area contributed by atoms with E-state index in [1.165, 1.54) is 6.07 Å². The number of hydrogen-bond acceptors (Lipinski definition) is 3. The topological polar surface area (TPSA) is 75.4 Å². The number of primary amides is 1. The zero-order valence-electron chi connectivity index (χ0n) is 10.7. The van der Waals surface area contributed by atoms with Gasteiger partial charge in [-0.2, -0.15) is 0 Å². The molecular weight excluding hydrogens is 329 g/mol. The van der Waals surface area contributed by atoms with Crippen molar-refractivity contribution in [3.05, 3.63) is 34.1 Å². The number of nitrogens with zero attached hydrogens (tertiary/aromatic N) is 1. The van der Waals surface area contributed by atoms with Crippen LogP contribution in [0.5, 0.6) is 0 Å². The number of carbonyl (C=O) groups excluding carboxylic acids is 2. The number of imide groups is 1. The first-order valence-corrected chi connectivity index (χ1v) is 7.05. The van der Waals surface area contributed by atoms with Gasteiger partial charge >= 0.3 is 6.03 Å². The second kappa shape index (κ2) is 6.32. The predicted molar refractivity (Wildman–Crippen MR) is 75.4 cm³/mol. The van der Waals surface area contributed by atoms with E-state index in [0.29, 0.717) is 4.47 Å². The number of rotatable bonds is 3. The van der Waals surface area contributed by atoms with Crippen LogP contribution in [0.1, 0.15) is 24.4 Å². The molecule has 5 nitrogen and oxygen atoms in total. The number of halogens is 2. The highest BCUT2D eigenvalue weighted by Crippen LogP contribution is 2.32. The van der Waals surface area contributed by atoms with Crippen molar-refractivity contribution in [3.63, 3.8) is 0 Å². The van der Waals surface area contributed by atoms with E-state index >= 15 is 0 Å². The molecule has 1 aliphatic heterocycles. The molecule has 0 aromatic heterocycles. The molecule has 3 N–H and O–H groups in total. The molecule has 3 amide bonds. The first-order valence-electron chi connectivity index (χ1n) is 6.25. The van der Waals surface area contributed by atoms with E-state index in [1.54, 1.807) is 6.07 Å². The summed E-state index contributed by atoms with van der Waals surface area (Å²) in [6.45, 7) is 0.805. The van der Waals surface area contributed by atoms with Gasteiger partial charge in [0.05, 0.1) is 11.0 Å². The van der Waals surface area contributed by atoms with Crippen LogP contribution in [0.15, 0.2) is 22.7 Å². The van der Waals surface area contributed by atoms with Gasteiger partial charge in [-0.15, -0.1) is 0 Å². The summed E-state index contributed by atoms with van der Waals surface area (Å²) in [6, 6.07) is 4.09. The van der Waals surface area contributed by atoms with Gasteiger partial charge in [-0.05, 0) is 53.0 Å². The van der Waals surface area contributed by atoms with E-state index in [4.69, 9.17) is 5.73 Å². The smallest absolute Gasteiger partial charge is 0.318 e. The minimum absolute atomic E-state index is 0.0174. The molecule has 0 unspecified atom stereocenters. The molecule has 1 saturated heterocycles. The van der Waals surface area contributed by atoms with Gasteiger partial charge < -0.3 is 5.73 Å². The molecule has 1 heterocycles. The molecular formula is C13H15BrFN3O2. The minimum atomic E-state index is -0.861. The lowest BCUT2D eigenvalue weighted by molar-refractivity contribution is -0.121. The van der Waals surface area contributed by atoms with Gasteiger partial charge in [0, 0.05) is 6.04 Å². The summed E-state index contributed by atoms with van der Waals surface area (Å²) in [6.07, 6.45) is 1.77. The molecule has 0 aliphatic carbocycles. The molecule has 1 atom stereocenters. The first-order chi connectivity index (χ1) is 9.47. The maximum absolute atomic E-state index is 13.6. The second-order valence-electron chi connectivity index (χ2n) is 4.71. The van der Waals surface area contributed by atoms with Crippen LogP contribution in [0, 0.1) is 5.82 Å². The van der Waals surface area contributed by atoms with Crippen molar-refractivity contribution in [2.75, 3.05) is 13.1 Å². The van der Waals surface area contributed by atoms with Crippen LogP contribution >= 0.6 is 15.9 Å². The van der Waals surface area contributed by atoms with E-state index in [-0.39, 0.29) is 18.4 Å². The number of benzene rings is 1. The number of amides is 3. The Morgan fingerprint density at radius 2 is 2.25 bits per heavy atom. The summed E-state index contributed by atoms with van der Waals surface area (Å²) < 4.78 is 14.0. The van der Waals surface area contributed by atoms with Crippen molar-refractivity contribution in [2.45, 2.75) is 18.9 Å². The molecule has 1 aromatic rings. The van der Waals surface area contributed by atoms with Crippen LogP contribution in [0.3, 0.4) is 0 Å². The van der Waals surface area contributed by atoms with E-state index in [1.807, 2.05) is 16.3 Å². The van der Waals surface area contributed by atoms with Crippen molar-refractivity contribution >= 4 is 27.9 Å². The van der Waals surface area contributed by atoms with Crippen molar-refractivity contribution in [3.8, 4) is 0 Å². The van der Waals surface area contributed by atoms with E-state index in [0.717, 1.165) is 24.9 Å². The third-order valence-electron chi connectivity index (χ3n) is 3.30. The van der Waals surface area contributed by atoms with Gasteiger partial charge in [-0.25, -0.2) is 9.18 Å². The lowest BCUT2D eigenvalue weighted by atomic mass is 10.0. The molecule has 0 radical (unpaired) electrons. The van der Waals surface area contributed by atoms with E-state index < -0.39 is 11.9 Å². The number of urea groups is 1. The first kappa shape index (κ1) is 14.9. The summed E-state index contributed by atoms with van der Waals surface area (Å²) in [4.78, 5) is 24.1. The Kier molecular flexibility index (Phi) is 4.72. The molecule has 20 heavy (non-hydrogen) atoms. The zero-order valence-corrected chi connectivity index (χ0v) is 12.3. The number of hydrogen-bond donors (Lipinski definition) is 2. The van der Waals surface area contributed by atoms with Crippen LogP contribution < -0.4 is 11.1 Å². The van der Waals surface area contributed by atoms with Gasteiger partial charge in [-0.3, -0.25) is 15.0 Å². The Balaban J connectivity index is 2.08. The van der Waals surface area contributed by atoms with Crippen LogP contribution in [0.4, 0.5) is 9.18 Å². The summed E-state index contributed by atoms with van der Waals surface area (Å²) in [5, 5.41) is 2.04. The van der Waals surface area contributed by atoms with Crippen molar-refractivity contribution in [2.24, 2.45) is 5.73 Å².